The maximum atomic E-state index is 12.5. The maximum absolute atomic E-state index is 12.5. The molecule has 0 unspecified atom stereocenters. The fourth-order valence-electron chi connectivity index (χ4n) is 2.80. The van der Waals surface area contributed by atoms with Crippen LogP contribution in [-0.2, 0) is 4.79 Å². The lowest BCUT2D eigenvalue weighted by molar-refractivity contribution is -0.274. The molecule has 1 fully saturated rings. The number of nitrogens with one attached hydrogen (secondary N) is 1. The van der Waals surface area contributed by atoms with E-state index in [2.05, 4.69) is 10.1 Å². The van der Waals surface area contributed by atoms with Crippen molar-refractivity contribution >= 4 is 11.6 Å². The van der Waals surface area contributed by atoms with Gasteiger partial charge in [-0.2, -0.15) is 0 Å². The second-order valence-electron chi connectivity index (χ2n) is 6.16. The van der Waals surface area contributed by atoms with Gasteiger partial charge in [0.25, 0.3) is 0 Å². The summed E-state index contributed by atoms with van der Waals surface area (Å²) in [6, 6.07) is 3.88. The van der Waals surface area contributed by atoms with E-state index in [-0.39, 0.29) is 18.2 Å². The first kappa shape index (κ1) is 16.6. The molecule has 5 nitrogen and oxygen atoms in total. The second kappa shape index (κ2) is 5.70. The summed E-state index contributed by atoms with van der Waals surface area (Å²) in [6.45, 7) is 4.88. The third-order valence-corrected chi connectivity index (χ3v) is 3.70. The van der Waals surface area contributed by atoms with Gasteiger partial charge in [0.1, 0.15) is 17.1 Å². The highest BCUT2D eigenvalue weighted by molar-refractivity contribution is 5.90. The van der Waals surface area contributed by atoms with E-state index in [1.807, 2.05) is 13.8 Å². The maximum Gasteiger partial charge on any atom is 0.573 e. The molecule has 130 valence electrons. The van der Waals surface area contributed by atoms with Gasteiger partial charge in [0.15, 0.2) is 0 Å². The van der Waals surface area contributed by atoms with E-state index in [4.69, 9.17) is 4.74 Å². The van der Waals surface area contributed by atoms with Gasteiger partial charge >= 0.3 is 6.36 Å². The Balaban J connectivity index is 2.03. The van der Waals surface area contributed by atoms with Crippen LogP contribution in [0.2, 0.25) is 0 Å². The lowest BCUT2D eigenvalue weighted by Gasteiger charge is -2.37. The summed E-state index contributed by atoms with van der Waals surface area (Å²) < 4.78 is 47.2. The lowest BCUT2D eigenvalue weighted by Crippen LogP contribution is -2.48. The molecule has 0 radical (unpaired) electrons. The molecule has 0 bridgehead atoms. The van der Waals surface area contributed by atoms with E-state index >= 15 is 0 Å². The van der Waals surface area contributed by atoms with Gasteiger partial charge in [0, 0.05) is 18.7 Å². The number of piperazine rings is 1. The summed E-state index contributed by atoms with van der Waals surface area (Å²) in [5, 5.41) is 2.97. The molecule has 1 amide bonds. The van der Waals surface area contributed by atoms with Gasteiger partial charge < -0.3 is 19.7 Å². The Morgan fingerprint density at radius 3 is 2.75 bits per heavy atom. The Kier molecular flexibility index (Phi) is 3.95. The van der Waals surface area contributed by atoms with Crippen LogP contribution in [0.25, 0.3) is 5.70 Å². The van der Waals surface area contributed by atoms with Crippen molar-refractivity contribution in [1.82, 2.24) is 10.2 Å². The number of amides is 1. The fourth-order valence-corrected chi connectivity index (χ4v) is 2.80. The SMILES string of the molecule is CC1(C)C=C(N2CCNCC2=O)c2cc(OC(F)(F)F)ccc2O1. The van der Waals surface area contributed by atoms with Crippen LogP contribution in [0.1, 0.15) is 19.4 Å². The molecule has 0 saturated carbocycles. The molecule has 1 saturated heterocycles. The molecular formula is C16H17F3N2O3. The van der Waals surface area contributed by atoms with Crippen molar-refractivity contribution in [3.05, 3.63) is 29.8 Å². The number of fused-ring (bicyclic) bond motifs is 1. The van der Waals surface area contributed by atoms with Crippen molar-refractivity contribution in [1.29, 1.82) is 0 Å². The number of hydrogen-bond donors (Lipinski definition) is 1. The molecule has 0 spiro atoms. The summed E-state index contributed by atoms with van der Waals surface area (Å²) in [4.78, 5) is 13.8. The number of carbonyl (C=O) groups excluding carboxylic acids is 1. The van der Waals surface area contributed by atoms with Gasteiger partial charge in [-0.3, -0.25) is 4.79 Å². The number of alkyl halides is 3. The topological polar surface area (TPSA) is 50.8 Å². The van der Waals surface area contributed by atoms with Crippen LogP contribution < -0.4 is 14.8 Å². The van der Waals surface area contributed by atoms with E-state index in [0.29, 0.717) is 30.1 Å². The first-order valence-corrected chi connectivity index (χ1v) is 7.48. The number of hydrogen-bond acceptors (Lipinski definition) is 4. The van der Waals surface area contributed by atoms with E-state index in [0.717, 1.165) is 0 Å². The molecule has 0 aromatic heterocycles. The number of nitrogens with zero attached hydrogens (tertiary/aromatic N) is 1. The minimum absolute atomic E-state index is 0.140. The molecule has 1 aromatic rings. The first-order valence-electron chi connectivity index (χ1n) is 7.48. The predicted octanol–water partition coefficient (Wildman–Crippen LogP) is 2.53. The highest BCUT2D eigenvalue weighted by atomic mass is 19.4. The number of carbonyl (C=O) groups is 1. The van der Waals surface area contributed by atoms with Crippen LogP contribution in [0.5, 0.6) is 11.5 Å². The number of benzene rings is 1. The van der Waals surface area contributed by atoms with E-state index in [9.17, 15) is 18.0 Å². The van der Waals surface area contributed by atoms with Crippen molar-refractivity contribution in [3.63, 3.8) is 0 Å². The zero-order valence-corrected chi connectivity index (χ0v) is 13.2. The van der Waals surface area contributed by atoms with Gasteiger partial charge in [-0.15, -0.1) is 13.2 Å². The average Bonchev–Trinajstić information content (AvgIpc) is 2.45. The van der Waals surface area contributed by atoms with E-state index < -0.39 is 12.0 Å². The second-order valence-corrected chi connectivity index (χ2v) is 6.16. The third-order valence-electron chi connectivity index (χ3n) is 3.70. The van der Waals surface area contributed by atoms with E-state index in [1.165, 1.54) is 18.2 Å². The smallest absolute Gasteiger partial charge is 0.483 e. The standard InChI is InChI=1S/C16H17F3N2O3/c1-15(2)8-12(21-6-5-20-9-14(21)22)11-7-10(23-16(17,18)19)3-4-13(11)24-15/h3-4,7-8,20H,5-6,9H2,1-2H3. The first-order chi connectivity index (χ1) is 11.1. The van der Waals surface area contributed by atoms with Gasteiger partial charge in [-0.1, -0.05) is 0 Å². The molecule has 24 heavy (non-hydrogen) atoms. The molecule has 8 heteroatoms. The van der Waals surface area contributed by atoms with Gasteiger partial charge in [0.2, 0.25) is 5.91 Å². The highest BCUT2D eigenvalue weighted by Crippen LogP contribution is 2.40. The van der Waals surface area contributed by atoms with Gasteiger partial charge in [-0.25, -0.2) is 0 Å². The summed E-state index contributed by atoms with van der Waals surface area (Å²) in [5.74, 6) is -0.0744. The fraction of sp³-hybridized carbons (Fsp3) is 0.438. The quantitative estimate of drug-likeness (QED) is 0.897. The van der Waals surface area contributed by atoms with Crippen molar-refractivity contribution in [3.8, 4) is 11.5 Å². The highest BCUT2D eigenvalue weighted by Gasteiger charge is 2.35. The predicted molar refractivity (Wildman–Crippen MR) is 80.4 cm³/mol. The van der Waals surface area contributed by atoms with E-state index in [1.54, 1.807) is 11.0 Å². The largest absolute Gasteiger partial charge is 0.573 e. The summed E-state index contributed by atoms with van der Waals surface area (Å²) >= 11 is 0. The molecule has 2 heterocycles. The van der Waals surface area contributed by atoms with Crippen LogP contribution in [0.3, 0.4) is 0 Å². The Bertz CT molecular complexity index is 698. The van der Waals surface area contributed by atoms with Crippen LogP contribution in [0.15, 0.2) is 24.3 Å². The number of halogens is 3. The van der Waals surface area contributed by atoms with Crippen molar-refractivity contribution < 1.29 is 27.4 Å². The zero-order valence-electron chi connectivity index (χ0n) is 13.2. The normalized spacial score (nSPS) is 20.1. The molecule has 2 aliphatic heterocycles. The summed E-state index contributed by atoms with van der Waals surface area (Å²) in [5.41, 5.74) is 0.270. The van der Waals surface area contributed by atoms with Crippen molar-refractivity contribution in [2.45, 2.75) is 25.8 Å². The summed E-state index contributed by atoms with van der Waals surface area (Å²) in [6.07, 6.45) is -3.03. The molecule has 0 aliphatic carbocycles. The zero-order chi connectivity index (χ0) is 17.5. The Labute approximate surface area is 137 Å². The van der Waals surface area contributed by atoms with Crippen LogP contribution in [0.4, 0.5) is 13.2 Å². The third kappa shape index (κ3) is 3.48. The summed E-state index contributed by atoms with van der Waals surface area (Å²) in [7, 11) is 0. The number of ether oxygens (including phenoxy) is 2. The average molecular weight is 342 g/mol. The number of rotatable bonds is 2. The molecular weight excluding hydrogens is 325 g/mol. The van der Waals surface area contributed by atoms with Gasteiger partial charge in [0.05, 0.1) is 12.2 Å². The van der Waals surface area contributed by atoms with Crippen LogP contribution in [-0.4, -0.2) is 42.4 Å². The van der Waals surface area contributed by atoms with Crippen LogP contribution in [0, 0.1) is 0 Å². The Hall–Kier alpha value is -2.22. The molecule has 1 N–H and O–H groups in total. The minimum atomic E-state index is -4.78. The monoisotopic (exact) mass is 342 g/mol. The van der Waals surface area contributed by atoms with Crippen molar-refractivity contribution in [2.24, 2.45) is 0 Å². The molecule has 3 rings (SSSR count). The Morgan fingerprint density at radius 2 is 2.08 bits per heavy atom. The van der Waals surface area contributed by atoms with Crippen molar-refractivity contribution in [2.75, 3.05) is 19.6 Å². The molecule has 1 aromatic carbocycles. The molecule has 0 atom stereocenters. The van der Waals surface area contributed by atoms with Crippen LogP contribution >= 0.6 is 0 Å². The van der Waals surface area contributed by atoms with Gasteiger partial charge in [-0.05, 0) is 38.1 Å². The molecule has 2 aliphatic rings. The Morgan fingerprint density at radius 1 is 1.33 bits per heavy atom. The lowest BCUT2D eigenvalue weighted by atomic mass is 9.97. The minimum Gasteiger partial charge on any atom is -0.483 e.